The van der Waals surface area contributed by atoms with Gasteiger partial charge in [-0.25, -0.2) is 4.79 Å². The number of benzene rings is 1. The van der Waals surface area contributed by atoms with Crippen molar-refractivity contribution in [3.8, 4) is 11.5 Å². The van der Waals surface area contributed by atoms with Gasteiger partial charge in [-0.15, -0.1) is 0 Å². The summed E-state index contributed by atoms with van der Waals surface area (Å²) in [5, 5.41) is 0. The fraction of sp³-hybridized carbons (Fsp3) is 0.500. The van der Waals surface area contributed by atoms with Gasteiger partial charge >= 0.3 is 5.97 Å². The van der Waals surface area contributed by atoms with E-state index in [1.54, 1.807) is 13.0 Å². The number of rotatable bonds is 7. The number of nitrogens with zero attached hydrogens (tertiary/aromatic N) is 1. The van der Waals surface area contributed by atoms with Crippen LogP contribution in [0, 0.1) is 0 Å². The highest BCUT2D eigenvalue weighted by molar-refractivity contribution is 5.88. The molecule has 1 aliphatic rings. The van der Waals surface area contributed by atoms with E-state index >= 15 is 0 Å². The standard InChI is InChI=1S/C18H25NO3/c1-4-5-6-7-10-19-12-15-11-16(22-18(20)14(2)3)8-9-17(15)21-13-19/h8-9,11H,2,4-7,10,12-13H2,1,3H3. The Bertz CT molecular complexity index is 539. The number of carbonyl (C=O) groups is 1. The lowest BCUT2D eigenvalue weighted by atomic mass is 10.1. The zero-order valence-corrected chi connectivity index (χ0v) is 13.6. The molecular weight excluding hydrogens is 278 g/mol. The molecule has 1 heterocycles. The maximum Gasteiger partial charge on any atom is 0.338 e. The number of ether oxygens (including phenoxy) is 2. The molecule has 2 rings (SSSR count). The van der Waals surface area contributed by atoms with E-state index in [1.165, 1.54) is 25.7 Å². The molecule has 1 aromatic carbocycles. The summed E-state index contributed by atoms with van der Waals surface area (Å²) in [7, 11) is 0. The second-order valence-electron chi connectivity index (χ2n) is 5.83. The van der Waals surface area contributed by atoms with Crippen LogP contribution < -0.4 is 9.47 Å². The highest BCUT2D eigenvalue weighted by Crippen LogP contribution is 2.29. The van der Waals surface area contributed by atoms with E-state index in [9.17, 15) is 4.79 Å². The first-order valence-electron chi connectivity index (χ1n) is 7.96. The molecule has 0 fully saturated rings. The molecule has 4 heteroatoms. The summed E-state index contributed by atoms with van der Waals surface area (Å²) >= 11 is 0. The average molecular weight is 303 g/mol. The van der Waals surface area contributed by atoms with Gasteiger partial charge in [0.2, 0.25) is 0 Å². The number of esters is 1. The third kappa shape index (κ3) is 4.60. The smallest absolute Gasteiger partial charge is 0.338 e. The number of unbranched alkanes of at least 4 members (excludes halogenated alkanes) is 3. The summed E-state index contributed by atoms with van der Waals surface area (Å²) in [6.45, 7) is 9.95. The Morgan fingerprint density at radius 2 is 2.18 bits per heavy atom. The van der Waals surface area contributed by atoms with Gasteiger partial charge in [0.25, 0.3) is 0 Å². The molecule has 0 amide bonds. The van der Waals surface area contributed by atoms with Gasteiger partial charge in [0.15, 0.2) is 0 Å². The highest BCUT2D eigenvalue weighted by atomic mass is 16.5. The number of hydrogen-bond acceptors (Lipinski definition) is 4. The second kappa shape index (κ2) is 7.99. The molecule has 0 saturated carbocycles. The molecule has 0 bridgehead atoms. The summed E-state index contributed by atoms with van der Waals surface area (Å²) in [6, 6.07) is 5.51. The van der Waals surface area contributed by atoms with E-state index in [0.717, 1.165) is 24.4 Å². The quantitative estimate of drug-likeness (QED) is 0.331. The monoisotopic (exact) mass is 303 g/mol. The van der Waals surface area contributed by atoms with Gasteiger partial charge < -0.3 is 9.47 Å². The predicted molar refractivity (Wildman–Crippen MR) is 86.9 cm³/mol. The van der Waals surface area contributed by atoms with Crippen molar-refractivity contribution < 1.29 is 14.3 Å². The highest BCUT2D eigenvalue weighted by Gasteiger charge is 2.18. The second-order valence-corrected chi connectivity index (χ2v) is 5.83. The molecule has 120 valence electrons. The van der Waals surface area contributed by atoms with E-state index in [2.05, 4.69) is 18.4 Å². The lowest BCUT2D eigenvalue weighted by Crippen LogP contribution is -2.32. The van der Waals surface area contributed by atoms with Crippen LogP contribution in [0.3, 0.4) is 0 Å². The minimum absolute atomic E-state index is 0.395. The fourth-order valence-electron chi connectivity index (χ4n) is 2.43. The Balaban J connectivity index is 1.94. The molecule has 0 aromatic heterocycles. The SMILES string of the molecule is C=C(C)C(=O)Oc1ccc2c(c1)CN(CCCCCC)CO2. The van der Waals surface area contributed by atoms with E-state index in [-0.39, 0.29) is 0 Å². The normalized spacial score (nSPS) is 14.1. The molecule has 4 nitrogen and oxygen atoms in total. The number of hydrogen-bond donors (Lipinski definition) is 0. The van der Waals surface area contributed by atoms with Crippen LogP contribution in [0.5, 0.6) is 11.5 Å². The molecule has 0 radical (unpaired) electrons. The Kier molecular flexibility index (Phi) is 6.01. The first kappa shape index (κ1) is 16.6. The largest absolute Gasteiger partial charge is 0.478 e. The molecule has 0 N–H and O–H groups in total. The average Bonchev–Trinajstić information content (AvgIpc) is 2.51. The summed E-state index contributed by atoms with van der Waals surface area (Å²) < 4.78 is 11.0. The van der Waals surface area contributed by atoms with Crippen LogP contribution in [0.15, 0.2) is 30.4 Å². The van der Waals surface area contributed by atoms with Gasteiger partial charge in [-0.05, 0) is 31.5 Å². The lowest BCUT2D eigenvalue weighted by molar-refractivity contribution is -0.130. The zero-order chi connectivity index (χ0) is 15.9. The van der Waals surface area contributed by atoms with Gasteiger partial charge in [0, 0.05) is 24.2 Å². The van der Waals surface area contributed by atoms with E-state index in [1.807, 2.05) is 12.1 Å². The molecule has 0 spiro atoms. The van der Waals surface area contributed by atoms with Crippen molar-refractivity contribution in [2.75, 3.05) is 13.3 Å². The van der Waals surface area contributed by atoms with Crippen LogP contribution in [-0.4, -0.2) is 24.1 Å². The fourth-order valence-corrected chi connectivity index (χ4v) is 2.43. The van der Waals surface area contributed by atoms with Gasteiger partial charge in [-0.2, -0.15) is 0 Å². The van der Waals surface area contributed by atoms with Crippen LogP contribution in [-0.2, 0) is 11.3 Å². The van der Waals surface area contributed by atoms with Crippen LogP contribution in [0.2, 0.25) is 0 Å². The summed E-state index contributed by atoms with van der Waals surface area (Å²) in [5.74, 6) is 1.02. The number of carbonyl (C=O) groups excluding carboxylic acids is 1. The molecule has 22 heavy (non-hydrogen) atoms. The minimum atomic E-state index is -0.395. The van der Waals surface area contributed by atoms with Crippen molar-refractivity contribution in [1.29, 1.82) is 0 Å². The lowest BCUT2D eigenvalue weighted by Gasteiger charge is -2.29. The summed E-state index contributed by atoms with van der Waals surface area (Å²) in [5.41, 5.74) is 1.46. The maximum absolute atomic E-state index is 11.6. The van der Waals surface area contributed by atoms with Gasteiger partial charge in [-0.1, -0.05) is 32.8 Å². The Morgan fingerprint density at radius 1 is 1.36 bits per heavy atom. The summed E-state index contributed by atoms with van der Waals surface area (Å²) in [6.07, 6.45) is 4.98. The van der Waals surface area contributed by atoms with Gasteiger partial charge in [0.1, 0.15) is 18.2 Å². The van der Waals surface area contributed by atoms with E-state index in [0.29, 0.717) is 18.1 Å². The van der Waals surface area contributed by atoms with Gasteiger partial charge in [-0.3, -0.25) is 4.90 Å². The van der Waals surface area contributed by atoms with Crippen molar-refractivity contribution >= 4 is 5.97 Å². The van der Waals surface area contributed by atoms with Crippen LogP contribution >= 0.6 is 0 Å². The minimum Gasteiger partial charge on any atom is -0.478 e. The molecule has 0 saturated heterocycles. The predicted octanol–water partition coefficient (Wildman–Crippen LogP) is 3.90. The third-order valence-corrected chi connectivity index (χ3v) is 3.72. The number of fused-ring (bicyclic) bond motifs is 1. The van der Waals surface area contributed by atoms with Crippen LogP contribution in [0.1, 0.15) is 45.1 Å². The van der Waals surface area contributed by atoms with Crippen molar-refractivity contribution in [1.82, 2.24) is 4.90 Å². The van der Waals surface area contributed by atoms with E-state index < -0.39 is 5.97 Å². The Hall–Kier alpha value is -1.81. The first-order chi connectivity index (χ1) is 10.6. The Labute approximate surface area is 132 Å². The summed E-state index contributed by atoms with van der Waals surface area (Å²) in [4.78, 5) is 13.9. The van der Waals surface area contributed by atoms with Crippen molar-refractivity contribution in [3.05, 3.63) is 35.9 Å². The zero-order valence-electron chi connectivity index (χ0n) is 13.6. The van der Waals surface area contributed by atoms with Crippen molar-refractivity contribution in [2.24, 2.45) is 0 Å². The van der Waals surface area contributed by atoms with Crippen molar-refractivity contribution in [3.63, 3.8) is 0 Å². The van der Waals surface area contributed by atoms with Crippen molar-refractivity contribution in [2.45, 2.75) is 46.1 Å². The Morgan fingerprint density at radius 3 is 2.91 bits per heavy atom. The molecule has 1 aliphatic heterocycles. The molecule has 0 atom stereocenters. The van der Waals surface area contributed by atoms with E-state index in [4.69, 9.17) is 9.47 Å². The first-order valence-corrected chi connectivity index (χ1v) is 7.96. The van der Waals surface area contributed by atoms with Crippen LogP contribution in [0.25, 0.3) is 0 Å². The molecular formula is C18H25NO3. The molecule has 1 aromatic rings. The van der Waals surface area contributed by atoms with Gasteiger partial charge in [0.05, 0.1) is 0 Å². The molecule has 0 aliphatic carbocycles. The molecule has 0 unspecified atom stereocenters. The maximum atomic E-state index is 11.6. The topological polar surface area (TPSA) is 38.8 Å². The third-order valence-electron chi connectivity index (χ3n) is 3.72. The van der Waals surface area contributed by atoms with Crippen LogP contribution in [0.4, 0.5) is 0 Å².